The molecule has 2 heterocycles. The second kappa shape index (κ2) is 9.89. The van der Waals surface area contributed by atoms with Gasteiger partial charge in [-0.3, -0.25) is 9.59 Å². The van der Waals surface area contributed by atoms with E-state index in [0.717, 1.165) is 37.2 Å². The summed E-state index contributed by atoms with van der Waals surface area (Å²) in [6.07, 6.45) is 3.28. The van der Waals surface area contributed by atoms with Crippen LogP contribution in [0, 0.1) is 0 Å². The van der Waals surface area contributed by atoms with Crippen molar-refractivity contribution in [2.24, 2.45) is 5.10 Å². The van der Waals surface area contributed by atoms with E-state index in [1.807, 2.05) is 65.6 Å². The zero-order valence-electron chi connectivity index (χ0n) is 18.9. The van der Waals surface area contributed by atoms with Gasteiger partial charge in [0, 0.05) is 29.9 Å². The number of rotatable bonds is 6. The van der Waals surface area contributed by atoms with Crippen LogP contribution in [0.2, 0.25) is 0 Å². The van der Waals surface area contributed by atoms with Crippen molar-refractivity contribution < 1.29 is 9.59 Å². The molecule has 3 aromatic carbocycles. The van der Waals surface area contributed by atoms with Crippen molar-refractivity contribution >= 4 is 28.9 Å². The quantitative estimate of drug-likeness (QED) is 0.552. The van der Waals surface area contributed by atoms with Crippen LogP contribution in [0.3, 0.4) is 0 Å². The number of hydrazone groups is 1. The first-order valence-corrected chi connectivity index (χ1v) is 11.6. The van der Waals surface area contributed by atoms with Gasteiger partial charge >= 0.3 is 0 Å². The number of para-hydroxylation sites is 1. The van der Waals surface area contributed by atoms with Gasteiger partial charge in [0.25, 0.3) is 11.8 Å². The van der Waals surface area contributed by atoms with E-state index in [1.165, 1.54) is 11.4 Å². The van der Waals surface area contributed by atoms with E-state index in [4.69, 9.17) is 0 Å². The Hall–Kier alpha value is -3.97. The molecule has 2 amide bonds. The average Bonchev–Trinajstić information content (AvgIpc) is 3.24. The van der Waals surface area contributed by atoms with Crippen LogP contribution in [0.15, 0.2) is 90.0 Å². The van der Waals surface area contributed by atoms with Gasteiger partial charge in [-0.1, -0.05) is 48.5 Å². The number of carbonyl (C=O) groups excluding carboxylic acids is 2. The molecule has 1 saturated heterocycles. The number of amides is 2. The Labute approximate surface area is 199 Å². The van der Waals surface area contributed by atoms with Crippen LogP contribution >= 0.6 is 0 Å². The minimum atomic E-state index is -0.669. The molecule has 34 heavy (non-hydrogen) atoms. The molecule has 2 N–H and O–H groups in total. The molecule has 1 unspecified atom stereocenters. The van der Waals surface area contributed by atoms with E-state index < -0.39 is 6.04 Å². The Kier molecular flexibility index (Phi) is 6.35. The third kappa shape index (κ3) is 4.56. The first-order valence-electron chi connectivity index (χ1n) is 11.6. The first-order chi connectivity index (χ1) is 16.7. The van der Waals surface area contributed by atoms with Crippen LogP contribution < -0.4 is 15.9 Å². The maximum absolute atomic E-state index is 13.4. The fraction of sp³-hybridized carbons (Fsp3) is 0.222. The summed E-state index contributed by atoms with van der Waals surface area (Å²) in [7, 11) is 0. The molecule has 0 aliphatic carbocycles. The van der Waals surface area contributed by atoms with Gasteiger partial charge in [-0.05, 0) is 55.7 Å². The van der Waals surface area contributed by atoms with Gasteiger partial charge in [-0.2, -0.15) is 10.1 Å². The number of piperidine rings is 1. The van der Waals surface area contributed by atoms with E-state index in [-0.39, 0.29) is 11.8 Å². The lowest BCUT2D eigenvalue weighted by Gasteiger charge is -2.26. The summed E-state index contributed by atoms with van der Waals surface area (Å²) in [6, 6.07) is 25.7. The van der Waals surface area contributed by atoms with Crippen molar-refractivity contribution in [3.63, 3.8) is 0 Å². The van der Waals surface area contributed by atoms with Gasteiger partial charge in [0.05, 0.1) is 11.4 Å². The molecule has 7 nitrogen and oxygen atoms in total. The van der Waals surface area contributed by atoms with Crippen molar-refractivity contribution in [2.75, 3.05) is 23.5 Å². The van der Waals surface area contributed by atoms with E-state index in [0.29, 0.717) is 17.0 Å². The molecule has 7 heteroatoms. The molecular formula is C27H27N5O2. The van der Waals surface area contributed by atoms with Crippen LogP contribution in [-0.2, 0) is 4.79 Å². The van der Waals surface area contributed by atoms with Gasteiger partial charge in [-0.25, -0.2) is 5.43 Å². The molecule has 5 rings (SSSR count). The number of nitrogens with one attached hydrogen (secondary N) is 2. The van der Waals surface area contributed by atoms with Crippen molar-refractivity contribution in [3.05, 3.63) is 96.1 Å². The molecule has 0 radical (unpaired) electrons. The second-order valence-corrected chi connectivity index (χ2v) is 8.47. The van der Waals surface area contributed by atoms with Crippen molar-refractivity contribution in [1.29, 1.82) is 0 Å². The van der Waals surface area contributed by atoms with Crippen LogP contribution in [-0.4, -0.2) is 41.6 Å². The Bertz CT molecular complexity index is 1170. The first kappa shape index (κ1) is 21.9. The summed E-state index contributed by atoms with van der Waals surface area (Å²) in [5, 5.41) is 6.07. The highest BCUT2D eigenvalue weighted by atomic mass is 16.2. The van der Waals surface area contributed by atoms with E-state index in [2.05, 4.69) is 16.0 Å². The fourth-order valence-corrected chi connectivity index (χ4v) is 4.30. The zero-order valence-corrected chi connectivity index (χ0v) is 18.9. The fourth-order valence-electron chi connectivity index (χ4n) is 4.30. The molecule has 172 valence electrons. The second-order valence-electron chi connectivity index (χ2n) is 8.47. The van der Waals surface area contributed by atoms with Gasteiger partial charge in [0.2, 0.25) is 0 Å². The average molecular weight is 454 g/mol. The monoisotopic (exact) mass is 453 g/mol. The highest BCUT2D eigenvalue weighted by molar-refractivity contribution is 6.24. The molecule has 0 bridgehead atoms. The Morgan fingerprint density at radius 3 is 2.15 bits per heavy atom. The third-order valence-corrected chi connectivity index (χ3v) is 6.14. The maximum atomic E-state index is 13.4. The van der Waals surface area contributed by atoms with E-state index in [9.17, 15) is 9.59 Å². The predicted molar refractivity (Wildman–Crippen MR) is 134 cm³/mol. The normalized spacial score (nSPS) is 18.1. The highest BCUT2D eigenvalue weighted by Crippen LogP contribution is 2.25. The SMILES string of the molecule is O=C(c1ccc(N2N=C(c3ccccc3)C(NNc3ccccc3)C2=O)cc1)N1CCCCC1. The van der Waals surface area contributed by atoms with E-state index in [1.54, 1.807) is 24.3 Å². The van der Waals surface area contributed by atoms with Crippen LogP contribution in [0.4, 0.5) is 11.4 Å². The molecule has 3 aromatic rings. The standard InChI is InChI=1S/C27H27N5O2/c33-26(31-18-8-3-9-19-31)21-14-16-23(17-15-21)32-27(34)25(29-28-22-12-6-2-7-13-22)24(30-32)20-10-4-1-5-11-20/h1-2,4-7,10-17,25,28-29H,3,8-9,18-19H2. The lowest BCUT2D eigenvalue weighted by Crippen LogP contribution is -2.46. The summed E-state index contributed by atoms with van der Waals surface area (Å²) in [6.45, 7) is 1.61. The Balaban J connectivity index is 1.38. The summed E-state index contributed by atoms with van der Waals surface area (Å²) in [5.74, 6) is -0.156. The lowest BCUT2D eigenvalue weighted by atomic mass is 10.0. The zero-order chi connectivity index (χ0) is 23.3. The molecule has 1 atom stereocenters. The maximum Gasteiger partial charge on any atom is 0.272 e. The van der Waals surface area contributed by atoms with Crippen molar-refractivity contribution in [3.8, 4) is 0 Å². The molecular weight excluding hydrogens is 426 g/mol. The van der Waals surface area contributed by atoms with E-state index >= 15 is 0 Å². The summed E-state index contributed by atoms with van der Waals surface area (Å²) in [5.41, 5.74) is 9.85. The minimum Gasteiger partial charge on any atom is -0.339 e. The van der Waals surface area contributed by atoms with Gasteiger partial charge in [0.1, 0.15) is 0 Å². The number of nitrogens with zero attached hydrogens (tertiary/aromatic N) is 3. The van der Waals surface area contributed by atoms with Gasteiger partial charge < -0.3 is 10.3 Å². The largest absolute Gasteiger partial charge is 0.339 e. The summed E-state index contributed by atoms with van der Waals surface area (Å²) >= 11 is 0. The molecule has 1 fully saturated rings. The smallest absolute Gasteiger partial charge is 0.272 e. The summed E-state index contributed by atoms with van der Waals surface area (Å²) in [4.78, 5) is 28.1. The van der Waals surface area contributed by atoms with Crippen molar-refractivity contribution in [1.82, 2.24) is 10.3 Å². The lowest BCUT2D eigenvalue weighted by molar-refractivity contribution is -0.118. The molecule has 0 saturated carbocycles. The Morgan fingerprint density at radius 2 is 1.47 bits per heavy atom. The van der Waals surface area contributed by atoms with Crippen LogP contribution in [0.1, 0.15) is 35.2 Å². The number of hydrogen-bond donors (Lipinski definition) is 2. The number of hydrogen-bond acceptors (Lipinski definition) is 5. The van der Waals surface area contributed by atoms with Crippen LogP contribution in [0.25, 0.3) is 0 Å². The topological polar surface area (TPSA) is 77.0 Å². The highest BCUT2D eigenvalue weighted by Gasteiger charge is 2.37. The number of carbonyl (C=O) groups is 2. The molecule has 2 aliphatic heterocycles. The minimum absolute atomic E-state index is 0.0408. The summed E-state index contributed by atoms with van der Waals surface area (Å²) < 4.78 is 0. The third-order valence-electron chi connectivity index (χ3n) is 6.14. The number of benzene rings is 3. The van der Waals surface area contributed by atoms with Gasteiger partial charge in [-0.15, -0.1) is 0 Å². The number of anilines is 2. The molecule has 2 aliphatic rings. The van der Waals surface area contributed by atoms with Crippen LogP contribution in [0.5, 0.6) is 0 Å². The predicted octanol–water partition coefficient (Wildman–Crippen LogP) is 4.05. The molecule has 0 spiro atoms. The Morgan fingerprint density at radius 1 is 0.824 bits per heavy atom. The molecule has 0 aromatic heterocycles. The van der Waals surface area contributed by atoms with Gasteiger partial charge in [0.15, 0.2) is 6.04 Å². The van der Waals surface area contributed by atoms with Crippen molar-refractivity contribution in [2.45, 2.75) is 25.3 Å². The number of hydrazine groups is 1. The number of likely N-dealkylation sites (tertiary alicyclic amines) is 1.